The van der Waals surface area contributed by atoms with Gasteiger partial charge in [0.25, 0.3) is 5.91 Å². The number of carbonyl (C=O) groups is 1. The topological polar surface area (TPSA) is 65.7 Å². The molecule has 4 heterocycles. The highest BCUT2D eigenvalue weighted by Crippen LogP contribution is 2.28. The first-order valence-electron chi connectivity index (χ1n) is 8.39. The van der Waals surface area contributed by atoms with E-state index in [2.05, 4.69) is 22.1 Å². The minimum absolute atomic E-state index is 0.145. The van der Waals surface area contributed by atoms with Gasteiger partial charge in [0.2, 0.25) is 0 Å². The molecule has 2 bridgehead atoms. The van der Waals surface area contributed by atoms with Gasteiger partial charge in [-0.1, -0.05) is 11.8 Å². The monoisotopic (exact) mass is 324 g/mol. The van der Waals surface area contributed by atoms with Gasteiger partial charge in [-0.15, -0.1) is 0 Å². The summed E-state index contributed by atoms with van der Waals surface area (Å²) in [6, 6.07) is 7.53. The zero-order chi connectivity index (χ0) is 16.5. The molecule has 0 radical (unpaired) electrons. The van der Waals surface area contributed by atoms with Crippen molar-refractivity contribution in [1.29, 1.82) is 0 Å². The van der Waals surface area contributed by atoms with Gasteiger partial charge in [-0.2, -0.15) is 0 Å². The average Bonchev–Trinajstić information content (AvgIpc) is 3.04. The Balaban J connectivity index is 1.52. The van der Waals surface area contributed by atoms with Crippen LogP contribution in [0.5, 0.6) is 0 Å². The zero-order valence-electron chi connectivity index (χ0n) is 13.4. The van der Waals surface area contributed by atoms with Crippen LogP contribution in [-0.2, 0) is 0 Å². The maximum Gasteiger partial charge on any atom is 0.287 e. The van der Waals surface area contributed by atoms with E-state index in [-0.39, 0.29) is 18.6 Å². The Morgan fingerprint density at radius 1 is 1.33 bits per heavy atom. The highest BCUT2D eigenvalue weighted by Gasteiger charge is 2.35. The normalized spacial score (nSPS) is 25.3. The van der Waals surface area contributed by atoms with Crippen molar-refractivity contribution in [3.63, 3.8) is 0 Å². The van der Waals surface area contributed by atoms with Crippen molar-refractivity contribution >= 4 is 16.9 Å². The van der Waals surface area contributed by atoms with Crippen LogP contribution in [-0.4, -0.2) is 48.2 Å². The molecule has 1 amide bonds. The summed E-state index contributed by atoms with van der Waals surface area (Å²) in [5.41, 5.74) is 1.40. The van der Waals surface area contributed by atoms with Crippen LogP contribution in [0.15, 0.2) is 28.7 Å². The smallest absolute Gasteiger partial charge is 0.287 e. The summed E-state index contributed by atoms with van der Waals surface area (Å²) in [6.07, 6.45) is 2.33. The van der Waals surface area contributed by atoms with Crippen LogP contribution in [0.2, 0.25) is 0 Å². The molecule has 5 heteroatoms. The van der Waals surface area contributed by atoms with Crippen LogP contribution in [0.25, 0.3) is 11.0 Å². The molecule has 2 N–H and O–H groups in total. The Hall–Kier alpha value is -2.29. The molecule has 24 heavy (non-hydrogen) atoms. The van der Waals surface area contributed by atoms with Gasteiger partial charge in [-0.05, 0) is 56.1 Å². The fourth-order valence-electron chi connectivity index (χ4n) is 3.73. The van der Waals surface area contributed by atoms with E-state index in [9.17, 15) is 4.79 Å². The number of fused-ring (bicyclic) bond motifs is 4. The third kappa shape index (κ3) is 2.91. The van der Waals surface area contributed by atoms with Crippen LogP contribution >= 0.6 is 0 Å². The standard InChI is InChI=1S/C19H20N2O3/c22-9-1-2-13-3-4-15-11-18(24-17(15)10-13)19(23)20-16-12-21-7-5-14(16)6-8-21/h3-4,10-11,14,16,22H,5-9,12H2,(H,20,23)/t16-/m0/s1. The molecule has 0 saturated carbocycles. The molecule has 1 aromatic heterocycles. The van der Waals surface area contributed by atoms with E-state index in [0.717, 1.165) is 43.4 Å². The molecule has 0 aliphatic carbocycles. The highest BCUT2D eigenvalue weighted by atomic mass is 16.3. The van der Waals surface area contributed by atoms with Crippen LogP contribution in [0.1, 0.15) is 29.0 Å². The minimum Gasteiger partial charge on any atom is -0.451 e. The van der Waals surface area contributed by atoms with E-state index in [1.807, 2.05) is 12.1 Å². The molecule has 124 valence electrons. The van der Waals surface area contributed by atoms with Crippen LogP contribution < -0.4 is 5.32 Å². The first-order chi connectivity index (χ1) is 11.7. The van der Waals surface area contributed by atoms with Crippen molar-refractivity contribution in [2.75, 3.05) is 26.2 Å². The van der Waals surface area contributed by atoms with E-state index in [0.29, 0.717) is 17.3 Å². The maximum atomic E-state index is 12.5. The minimum atomic E-state index is -0.177. The van der Waals surface area contributed by atoms with Gasteiger partial charge in [-0.25, -0.2) is 0 Å². The van der Waals surface area contributed by atoms with Gasteiger partial charge >= 0.3 is 0 Å². The fourth-order valence-corrected chi connectivity index (χ4v) is 3.73. The molecule has 1 atom stereocenters. The third-order valence-corrected chi connectivity index (χ3v) is 5.03. The fraction of sp³-hybridized carbons (Fsp3) is 0.421. The number of hydrogen-bond acceptors (Lipinski definition) is 4. The van der Waals surface area contributed by atoms with Gasteiger partial charge < -0.3 is 19.7 Å². The number of amides is 1. The third-order valence-electron chi connectivity index (χ3n) is 5.03. The molecule has 3 aliphatic heterocycles. The first kappa shape index (κ1) is 15.3. The molecule has 3 saturated heterocycles. The number of carbonyl (C=O) groups excluding carboxylic acids is 1. The molecule has 2 aromatic rings. The molecule has 5 nitrogen and oxygen atoms in total. The van der Waals surface area contributed by atoms with E-state index >= 15 is 0 Å². The number of hydrogen-bond donors (Lipinski definition) is 2. The van der Waals surface area contributed by atoms with E-state index in [1.165, 1.54) is 0 Å². The van der Waals surface area contributed by atoms with Gasteiger partial charge in [0.15, 0.2) is 5.76 Å². The van der Waals surface area contributed by atoms with Gasteiger partial charge in [0.05, 0.1) is 0 Å². The summed E-state index contributed by atoms with van der Waals surface area (Å²) in [4.78, 5) is 14.9. The van der Waals surface area contributed by atoms with Crippen molar-refractivity contribution in [1.82, 2.24) is 10.2 Å². The first-order valence-corrected chi connectivity index (χ1v) is 8.39. The molecule has 0 unspecified atom stereocenters. The lowest BCUT2D eigenvalue weighted by atomic mass is 9.84. The number of nitrogens with zero attached hydrogens (tertiary/aromatic N) is 1. The second kappa shape index (κ2) is 6.31. The zero-order valence-corrected chi connectivity index (χ0v) is 13.4. The molecule has 3 aliphatic rings. The Labute approximate surface area is 140 Å². The lowest BCUT2D eigenvalue weighted by Gasteiger charge is -2.44. The average molecular weight is 324 g/mol. The van der Waals surface area contributed by atoms with E-state index in [4.69, 9.17) is 9.52 Å². The number of piperidine rings is 3. The maximum absolute atomic E-state index is 12.5. The van der Waals surface area contributed by atoms with Gasteiger partial charge in [0.1, 0.15) is 12.2 Å². The van der Waals surface area contributed by atoms with Gasteiger partial charge in [-0.3, -0.25) is 4.79 Å². The summed E-state index contributed by atoms with van der Waals surface area (Å²) >= 11 is 0. The molecule has 3 fully saturated rings. The number of furan rings is 1. The van der Waals surface area contributed by atoms with Crippen molar-refractivity contribution in [3.05, 3.63) is 35.6 Å². The number of aliphatic hydroxyl groups is 1. The highest BCUT2D eigenvalue weighted by molar-refractivity contribution is 5.96. The quantitative estimate of drug-likeness (QED) is 0.824. The SMILES string of the molecule is O=C(N[C@H]1CN2CCC1CC2)c1cc2ccc(C#CCO)cc2o1. The van der Waals surface area contributed by atoms with Crippen LogP contribution in [0, 0.1) is 17.8 Å². The number of aliphatic hydroxyl groups excluding tert-OH is 1. The second-order valence-electron chi connectivity index (χ2n) is 6.54. The summed E-state index contributed by atoms with van der Waals surface area (Å²) in [6.45, 7) is 3.07. The van der Waals surface area contributed by atoms with Crippen molar-refractivity contribution in [2.45, 2.75) is 18.9 Å². The summed E-state index contributed by atoms with van der Waals surface area (Å²) in [5, 5.41) is 12.8. The molecular weight excluding hydrogens is 304 g/mol. The number of nitrogens with one attached hydrogen (secondary N) is 1. The van der Waals surface area contributed by atoms with E-state index in [1.54, 1.807) is 12.1 Å². The lowest BCUT2D eigenvalue weighted by Crippen LogP contribution is -2.57. The number of benzene rings is 1. The lowest BCUT2D eigenvalue weighted by molar-refractivity contribution is 0.0607. The Morgan fingerprint density at radius 2 is 2.17 bits per heavy atom. The predicted molar refractivity (Wildman–Crippen MR) is 90.6 cm³/mol. The van der Waals surface area contributed by atoms with Crippen LogP contribution in [0.4, 0.5) is 0 Å². The predicted octanol–water partition coefficient (Wildman–Crippen LogP) is 1.60. The second-order valence-corrected chi connectivity index (χ2v) is 6.54. The van der Waals surface area contributed by atoms with Crippen molar-refractivity contribution in [2.24, 2.45) is 5.92 Å². The van der Waals surface area contributed by atoms with Gasteiger partial charge in [0, 0.05) is 23.5 Å². The Bertz CT molecular complexity index is 822. The number of rotatable bonds is 2. The molecule has 0 spiro atoms. The van der Waals surface area contributed by atoms with E-state index < -0.39 is 0 Å². The molecule has 5 rings (SSSR count). The summed E-state index contributed by atoms with van der Waals surface area (Å²) < 4.78 is 5.72. The molecular formula is C19H20N2O3. The van der Waals surface area contributed by atoms with Crippen molar-refractivity contribution < 1.29 is 14.3 Å². The van der Waals surface area contributed by atoms with Crippen molar-refractivity contribution in [3.8, 4) is 11.8 Å². The largest absolute Gasteiger partial charge is 0.451 e. The summed E-state index contributed by atoms with van der Waals surface area (Å²) in [7, 11) is 0. The van der Waals surface area contributed by atoms with Crippen LogP contribution in [0.3, 0.4) is 0 Å². The Kier molecular flexibility index (Phi) is 4.01. The Morgan fingerprint density at radius 3 is 2.88 bits per heavy atom. The molecule has 1 aromatic carbocycles. The summed E-state index contributed by atoms with van der Waals surface area (Å²) in [5.74, 6) is 6.23.